The number of ether oxygens (including phenoxy) is 1. The van der Waals surface area contributed by atoms with Crippen molar-refractivity contribution in [1.29, 1.82) is 0 Å². The summed E-state index contributed by atoms with van der Waals surface area (Å²) in [7, 11) is 0. The van der Waals surface area contributed by atoms with Crippen LogP contribution in [0, 0.1) is 5.82 Å². The third-order valence-corrected chi connectivity index (χ3v) is 5.47. The van der Waals surface area contributed by atoms with Gasteiger partial charge in [-0.3, -0.25) is 0 Å². The fraction of sp³-hybridized carbons (Fsp3) is 0.238. The molecule has 26 heavy (non-hydrogen) atoms. The Morgan fingerprint density at radius 1 is 1.04 bits per heavy atom. The zero-order chi connectivity index (χ0) is 17.9. The third-order valence-electron chi connectivity index (χ3n) is 4.85. The van der Waals surface area contributed by atoms with Crippen molar-refractivity contribution in [2.75, 3.05) is 0 Å². The van der Waals surface area contributed by atoms with Gasteiger partial charge in [-0.15, -0.1) is 0 Å². The fourth-order valence-corrected chi connectivity index (χ4v) is 3.48. The Balaban J connectivity index is 1.70. The molecule has 1 unspecified atom stereocenters. The fourth-order valence-electron chi connectivity index (χ4n) is 3.16. The van der Waals surface area contributed by atoms with Crippen molar-refractivity contribution in [2.45, 2.75) is 31.8 Å². The minimum absolute atomic E-state index is 0.339. The number of benzene rings is 2. The second-order valence-electron chi connectivity index (χ2n) is 6.57. The molecular weight excluding hydrogens is 390 g/mol. The molecular formula is C21H20AsFN2O. The van der Waals surface area contributed by atoms with E-state index in [4.69, 9.17) is 4.74 Å². The van der Waals surface area contributed by atoms with Crippen LogP contribution in [0.25, 0.3) is 11.3 Å². The zero-order valence-corrected chi connectivity index (χ0v) is 16.8. The van der Waals surface area contributed by atoms with Crippen LogP contribution in [0.15, 0.2) is 54.9 Å². The molecule has 3 nitrogen and oxygen atoms in total. The molecule has 0 amide bonds. The maximum absolute atomic E-state index is 15.4. The van der Waals surface area contributed by atoms with Crippen LogP contribution in [0.5, 0.6) is 5.75 Å². The van der Waals surface area contributed by atoms with Crippen molar-refractivity contribution in [1.82, 2.24) is 9.97 Å². The van der Waals surface area contributed by atoms with Crippen molar-refractivity contribution < 1.29 is 9.13 Å². The van der Waals surface area contributed by atoms with Crippen LogP contribution in [-0.4, -0.2) is 26.8 Å². The summed E-state index contributed by atoms with van der Waals surface area (Å²) in [4.78, 5) is 8.60. The van der Waals surface area contributed by atoms with Gasteiger partial charge in [-0.2, -0.15) is 0 Å². The molecule has 1 aliphatic carbocycles. The molecule has 5 heteroatoms. The van der Waals surface area contributed by atoms with Gasteiger partial charge in [0.1, 0.15) is 0 Å². The van der Waals surface area contributed by atoms with E-state index in [2.05, 4.69) is 9.97 Å². The first-order valence-electron chi connectivity index (χ1n) is 8.79. The molecule has 0 saturated heterocycles. The number of hydrogen-bond acceptors (Lipinski definition) is 3. The number of aromatic nitrogens is 2. The molecule has 0 spiro atoms. The van der Waals surface area contributed by atoms with Gasteiger partial charge in [0.15, 0.2) is 0 Å². The number of halogens is 1. The second kappa shape index (κ2) is 7.59. The maximum atomic E-state index is 15.4. The van der Waals surface area contributed by atoms with Crippen LogP contribution >= 0.6 is 0 Å². The van der Waals surface area contributed by atoms with Gasteiger partial charge in [-0.05, 0) is 0 Å². The van der Waals surface area contributed by atoms with E-state index in [1.54, 1.807) is 12.4 Å². The minimum atomic E-state index is -0.339. The van der Waals surface area contributed by atoms with Gasteiger partial charge in [-0.1, -0.05) is 6.07 Å². The molecule has 0 aliphatic heterocycles. The van der Waals surface area contributed by atoms with E-state index in [0.717, 1.165) is 28.5 Å². The molecule has 1 atom stereocenters. The predicted octanol–water partition coefficient (Wildman–Crippen LogP) is 3.39. The molecule has 0 bridgehead atoms. The molecule has 3 aromatic rings. The van der Waals surface area contributed by atoms with E-state index in [1.165, 1.54) is 23.3 Å². The van der Waals surface area contributed by atoms with Crippen LogP contribution < -0.4 is 9.22 Å². The van der Waals surface area contributed by atoms with E-state index in [0.29, 0.717) is 29.5 Å². The Kier molecular flexibility index (Phi) is 5.03. The molecule has 1 aromatic heterocycles. The summed E-state index contributed by atoms with van der Waals surface area (Å²) in [6.45, 7) is 0.350. The zero-order valence-electron chi connectivity index (χ0n) is 14.4. The summed E-state index contributed by atoms with van der Waals surface area (Å²) >= 11 is 1.40. The molecule has 1 aliphatic rings. The quantitative estimate of drug-likeness (QED) is 0.605. The van der Waals surface area contributed by atoms with Crippen molar-refractivity contribution in [2.24, 2.45) is 0 Å². The van der Waals surface area contributed by atoms with Crippen LogP contribution in [0.1, 0.15) is 36.3 Å². The summed E-state index contributed by atoms with van der Waals surface area (Å²) in [6.07, 6.45) is 6.68. The summed E-state index contributed by atoms with van der Waals surface area (Å²) < 4.78 is 22.2. The van der Waals surface area contributed by atoms with E-state index >= 15 is 4.39 Å². The van der Waals surface area contributed by atoms with Crippen molar-refractivity contribution in [3.8, 4) is 17.0 Å². The Hall–Kier alpha value is -2.19. The Bertz CT molecular complexity index is 896. The first kappa shape index (κ1) is 17.2. The molecule has 0 radical (unpaired) electrons. The monoisotopic (exact) mass is 410 g/mol. The topological polar surface area (TPSA) is 35.0 Å². The van der Waals surface area contributed by atoms with Crippen LogP contribution in [0.3, 0.4) is 0 Å². The van der Waals surface area contributed by atoms with E-state index in [1.807, 2.05) is 42.5 Å². The van der Waals surface area contributed by atoms with Crippen LogP contribution in [0.2, 0.25) is 0 Å². The Morgan fingerprint density at radius 2 is 1.85 bits per heavy atom. The average Bonchev–Trinajstić information content (AvgIpc) is 2.62. The van der Waals surface area contributed by atoms with Crippen molar-refractivity contribution >= 4 is 21.3 Å². The Morgan fingerprint density at radius 3 is 2.50 bits per heavy atom. The SMILES string of the molecule is Fc1c(-c2cnc([AsH2])cn2)ccc(C2CCC2)c1OCc1ccccc1. The number of nitrogens with zero attached hydrogens (tertiary/aromatic N) is 2. The van der Waals surface area contributed by atoms with Gasteiger partial charge in [0.2, 0.25) is 0 Å². The Labute approximate surface area is 161 Å². The standard InChI is InChI=1S/C21H20AsFN2O/c22-19-12-24-18(11-25-19)17-10-9-16(15-7-4-8-15)21(20(17)23)26-13-14-5-2-1-3-6-14/h1-3,5-6,9-12,15H,4,7-8,13,22H2. The van der Waals surface area contributed by atoms with Crippen LogP contribution in [0.4, 0.5) is 4.39 Å². The van der Waals surface area contributed by atoms with Gasteiger partial charge in [0.05, 0.1) is 0 Å². The third kappa shape index (κ3) is 3.52. The van der Waals surface area contributed by atoms with E-state index < -0.39 is 0 Å². The van der Waals surface area contributed by atoms with Crippen molar-refractivity contribution in [3.05, 3.63) is 71.8 Å². The normalized spacial score (nSPS) is 14.1. The molecule has 1 saturated carbocycles. The van der Waals surface area contributed by atoms with Gasteiger partial charge >= 0.3 is 155 Å². The summed E-state index contributed by atoms with van der Waals surface area (Å²) in [6, 6.07) is 13.7. The molecule has 1 heterocycles. The van der Waals surface area contributed by atoms with Gasteiger partial charge in [0, 0.05) is 0 Å². The van der Waals surface area contributed by atoms with E-state index in [-0.39, 0.29) is 5.82 Å². The number of rotatable bonds is 5. The summed E-state index contributed by atoms with van der Waals surface area (Å²) in [5.74, 6) is 0.410. The van der Waals surface area contributed by atoms with Gasteiger partial charge < -0.3 is 0 Å². The van der Waals surface area contributed by atoms with Gasteiger partial charge in [-0.25, -0.2) is 0 Å². The molecule has 4 rings (SSSR count). The molecule has 1 fully saturated rings. The summed E-state index contributed by atoms with van der Waals surface area (Å²) in [5, 5.41) is 0. The van der Waals surface area contributed by atoms with Crippen LogP contribution in [-0.2, 0) is 6.61 Å². The molecule has 132 valence electrons. The average molecular weight is 410 g/mol. The molecule has 2 aromatic carbocycles. The molecule has 0 N–H and O–H groups in total. The number of hydrogen-bond donors (Lipinski definition) is 0. The first-order chi connectivity index (χ1) is 12.7. The van der Waals surface area contributed by atoms with Gasteiger partial charge in [0.25, 0.3) is 0 Å². The summed E-state index contributed by atoms with van der Waals surface area (Å²) in [5.41, 5.74) is 2.97. The first-order valence-corrected chi connectivity index (χ1v) is 10.0. The second-order valence-corrected chi connectivity index (χ2v) is 7.82. The van der Waals surface area contributed by atoms with E-state index in [9.17, 15) is 0 Å². The predicted molar refractivity (Wildman–Crippen MR) is 103 cm³/mol. The van der Waals surface area contributed by atoms with Crippen molar-refractivity contribution in [3.63, 3.8) is 0 Å².